The zero-order valence-corrected chi connectivity index (χ0v) is 13.0. The van der Waals surface area contributed by atoms with Crippen LogP contribution in [0.25, 0.3) is 0 Å². The highest BCUT2D eigenvalue weighted by molar-refractivity contribution is 9.10. The molecule has 2 nitrogen and oxygen atoms in total. The lowest BCUT2D eigenvalue weighted by Gasteiger charge is -2.22. The van der Waals surface area contributed by atoms with Crippen molar-refractivity contribution in [2.75, 3.05) is 6.61 Å². The van der Waals surface area contributed by atoms with Gasteiger partial charge in [-0.05, 0) is 62.3 Å². The fourth-order valence-corrected chi connectivity index (χ4v) is 3.31. The minimum atomic E-state index is 0.0741. The van der Waals surface area contributed by atoms with E-state index in [-0.39, 0.29) is 6.04 Å². The van der Waals surface area contributed by atoms with E-state index in [4.69, 9.17) is 10.5 Å². The Labute approximate surface area is 118 Å². The minimum absolute atomic E-state index is 0.0741. The SMILES string of the molecule is Cc1cc(C)c(C(N)CC2CCCO2)c(C)c1Br. The molecule has 1 saturated heterocycles. The van der Waals surface area contributed by atoms with Crippen LogP contribution in [0.3, 0.4) is 0 Å². The lowest BCUT2D eigenvalue weighted by atomic mass is 9.91. The van der Waals surface area contributed by atoms with Gasteiger partial charge in [0.1, 0.15) is 0 Å². The summed E-state index contributed by atoms with van der Waals surface area (Å²) in [6.45, 7) is 7.32. The van der Waals surface area contributed by atoms with Crippen LogP contribution in [0.15, 0.2) is 10.5 Å². The molecule has 1 aromatic rings. The van der Waals surface area contributed by atoms with E-state index in [1.165, 1.54) is 33.1 Å². The van der Waals surface area contributed by atoms with Crippen molar-refractivity contribution < 1.29 is 4.74 Å². The number of aryl methyl sites for hydroxylation is 2. The van der Waals surface area contributed by atoms with E-state index in [2.05, 4.69) is 42.8 Å². The predicted molar refractivity (Wildman–Crippen MR) is 78.9 cm³/mol. The summed E-state index contributed by atoms with van der Waals surface area (Å²) in [4.78, 5) is 0. The quantitative estimate of drug-likeness (QED) is 0.917. The van der Waals surface area contributed by atoms with E-state index in [0.717, 1.165) is 19.4 Å². The topological polar surface area (TPSA) is 35.2 Å². The van der Waals surface area contributed by atoms with Crippen LogP contribution in [0.2, 0.25) is 0 Å². The summed E-state index contributed by atoms with van der Waals surface area (Å²) in [7, 11) is 0. The molecule has 1 aromatic carbocycles. The Morgan fingerprint density at radius 3 is 2.72 bits per heavy atom. The van der Waals surface area contributed by atoms with Crippen molar-refractivity contribution in [3.63, 3.8) is 0 Å². The highest BCUT2D eigenvalue weighted by atomic mass is 79.9. The first-order chi connectivity index (χ1) is 8.50. The number of hydrogen-bond donors (Lipinski definition) is 1. The van der Waals surface area contributed by atoms with Gasteiger partial charge in [0.15, 0.2) is 0 Å². The maximum Gasteiger partial charge on any atom is 0.0594 e. The second kappa shape index (κ2) is 5.72. The number of nitrogens with two attached hydrogens (primary N) is 1. The van der Waals surface area contributed by atoms with E-state index < -0.39 is 0 Å². The molecule has 0 bridgehead atoms. The molecule has 0 spiro atoms. The van der Waals surface area contributed by atoms with Gasteiger partial charge in [0.2, 0.25) is 0 Å². The highest BCUT2D eigenvalue weighted by Gasteiger charge is 2.22. The average Bonchev–Trinajstić information content (AvgIpc) is 2.78. The van der Waals surface area contributed by atoms with Crippen molar-refractivity contribution in [3.05, 3.63) is 32.8 Å². The van der Waals surface area contributed by atoms with Crippen molar-refractivity contribution in [2.24, 2.45) is 5.73 Å². The Morgan fingerprint density at radius 1 is 1.39 bits per heavy atom. The van der Waals surface area contributed by atoms with Crippen LogP contribution >= 0.6 is 15.9 Å². The van der Waals surface area contributed by atoms with Crippen LogP contribution in [-0.4, -0.2) is 12.7 Å². The molecule has 0 saturated carbocycles. The molecule has 1 aliphatic heterocycles. The molecule has 2 atom stereocenters. The van der Waals surface area contributed by atoms with Gasteiger partial charge in [-0.15, -0.1) is 0 Å². The van der Waals surface area contributed by atoms with Crippen LogP contribution in [0.1, 0.15) is 47.6 Å². The predicted octanol–water partition coefficient (Wildman–Crippen LogP) is 3.94. The number of benzene rings is 1. The Bertz CT molecular complexity index is 439. The minimum Gasteiger partial charge on any atom is -0.378 e. The molecular formula is C15H22BrNO. The molecular weight excluding hydrogens is 290 g/mol. The first kappa shape index (κ1) is 14.0. The Hall–Kier alpha value is -0.380. The van der Waals surface area contributed by atoms with Crippen LogP contribution in [0, 0.1) is 20.8 Å². The molecule has 2 N–H and O–H groups in total. The molecule has 0 amide bonds. The summed E-state index contributed by atoms with van der Waals surface area (Å²) in [5.41, 5.74) is 11.5. The number of halogens is 1. The normalized spacial score (nSPS) is 21.3. The zero-order valence-electron chi connectivity index (χ0n) is 11.4. The molecule has 2 rings (SSSR count). The van der Waals surface area contributed by atoms with E-state index >= 15 is 0 Å². The summed E-state index contributed by atoms with van der Waals surface area (Å²) in [5.74, 6) is 0. The van der Waals surface area contributed by atoms with E-state index in [1.807, 2.05) is 0 Å². The summed E-state index contributed by atoms with van der Waals surface area (Å²) in [5, 5.41) is 0. The molecule has 0 aliphatic carbocycles. The largest absolute Gasteiger partial charge is 0.378 e. The second-order valence-electron chi connectivity index (χ2n) is 5.34. The smallest absolute Gasteiger partial charge is 0.0594 e. The van der Waals surface area contributed by atoms with E-state index in [1.54, 1.807) is 0 Å². The fourth-order valence-electron chi connectivity index (χ4n) is 2.98. The number of ether oxygens (including phenoxy) is 1. The van der Waals surface area contributed by atoms with Crippen molar-refractivity contribution in [1.29, 1.82) is 0 Å². The monoisotopic (exact) mass is 311 g/mol. The standard InChI is InChI=1S/C15H22BrNO/c1-9-7-10(2)15(16)11(3)14(9)13(17)8-12-5-4-6-18-12/h7,12-13H,4-6,8,17H2,1-3H3. The van der Waals surface area contributed by atoms with E-state index in [0.29, 0.717) is 6.10 Å². The van der Waals surface area contributed by atoms with Gasteiger partial charge in [-0.3, -0.25) is 0 Å². The summed E-state index contributed by atoms with van der Waals surface area (Å²) in [6, 6.07) is 2.28. The third kappa shape index (κ3) is 2.79. The van der Waals surface area contributed by atoms with Crippen molar-refractivity contribution >= 4 is 15.9 Å². The third-order valence-electron chi connectivity index (χ3n) is 3.85. The van der Waals surface area contributed by atoms with Crippen LogP contribution in [0.4, 0.5) is 0 Å². The first-order valence-corrected chi connectivity index (χ1v) is 7.43. The summed E-state index contributed by atoms with van der Waals surface area (Å²) < 4.78 is 6.87. The average molecular weight is 312 g/mol. The van der Waals surface area contributed by atoms with Gasteiger partial charge in [-0.2, -0.15) is 0 Å². The van der Waals surface area contributed by atoms with Crippen molar-refractivity contribution in [1.82, 2.24) is 0 Å². The molecule has 0 radical (unpaired) electrons. The van der Waals surface area contributed by atoms with Crippen LogP contribution in [0.5, 0.6) is 0 Å². The fraction of sp³-hybridized carbons (Fsp3) is 0.600. The first-order valence-electron chi connectivity index (χ1n) is 6.64. The Morgan fingerprint density at radius 2 is 2.11 bits per heavy atom. The number of rotatable bonds is 3. The van der Waals surface area contributed by atoms with Gasteiger partial charge in [0.05, 0.1) is 6.10 Å². The molecule has 2 unspecified atom stereocenters. The summed E-state index contributed by atoms with van der Waals surface area (Å²) in [6.07, 6.45) is 3.60. The van der Waals surface area contributed by atoms with Gasteiger partial charge >= 0.3 is 0 Å². The molecule has 3 heteroatoms. The second-order valence-corrected chi connectivity index (χ2v) is 6.13. The van der Waals surface area contributed by atoms with Gasteiger partial charge in [-0.25, -0.2) is 0 Å². The Kier molecular flexibility index (Phi) is 4.46. The summed E-state index contributed by atoms with van der Waals surface area (Å²) >= 11 is 3.66. The molecule has 18 heavy (non-hydrogen) atoms. The lowest BCUT2D eigenvalue weighted by Crippen LogP contribution is -2.20. The molecule has 1 aliphatic rings. The van der Waals surface area contributed by atoms with Crippen LogP contribution in [-0.2, 0) is 4.74 Å². The van der Waals surface area contributed by atoms with Gasteiger partial charge < -0.3 is 10.5 Å². The van der Waals surface area contributed by atoms with Crippen molar-refractivity contribution in [3.8, 4) is 0 Å². The Balaban J connectivity index is 2.23. The lowest BCUT2D eigenvalue weighted by molar-refractivity contribution is 0.0982. The highest BCUT2D eigenvalue weighted by Crippen LogP contribution is 2.33. The van der Waals surface area contributed by atoms with E-state index in [9.17, 15) is 0 Å². The number of hydrogen-bond acceptors (Lipinski definition) is 2. The van der Waals surface area contributed by atoms with Crippen molar-refractivity contribution in [2.45, 2.75) is 52.2 Å². The van der Waals surface area contributed by atoms with Gasteiger partial charge in [0, 0.05) is 17.1 Å². The van der Waals surface area contributed by atoms with Gasteiger partial charge in [0.25, 0.3) is 0 Å². The zero-order chi connectivity index (χ0) is 13.3. The van der Waals surface area contributed by atoms with Crippen LogP contribution < -0.4 is 5.73 Å². The molecule has 100 valence electrons. The molecule has 1 fully saturated rings. The molecule has 0 aromatic heterocycles. The maximum atomic E-state index is 6.39. The van der Waals surface area contributed by atoms with Gasteiger partial charge in [-0.1, -0.05) is 22.0 Å². The maximum absolute atomic E-state index is 6.39. The third-order valence-corrected chi connectivity index (χ3v) is 5.07. The molecule has 1 heterocycles.